The van der Waals surface area contributed by atoms with Crippen molar-refractivity contribution in [2.24, 2.45) is 17.8 Å². The van der Waals surface area contributed by atoms with Crippen LogP contribution < -0.4 is 10.6 Å². The van der Waals surface area contributed by atoms with Gasteiger partial charge in [0.05, 0.1) is 5.69 Å². The summed E-state index contributed by atoms with van der Waals surface area (Å²) < 4.78 is 0. The van der Waals surface area contributed by atoms with Crippen molar-refractivity contribution < 1.29 is 4.79 Å². The maximum absolute atomic E-state index is 12.7. The number of nitrogens with two attached hydrogens (primary N) is 1. The van der Waals surface area contributed by atoms with Crippen LogP contribution in [-0.2, 0) is 4.79 Å². The van der Waals surface area contributed by atoms with E-state index in [0.717, 1.165) is 48.3 Å². The van der Waals surface area contributed by atoms with Gasteiger partial charge in [-0.15, -0.1) is 11.8 Å². The van der Waals surface area contributed by atoms with Gasteiger partial charge in [0.15, 0.2) is 0 Å². The van der Waals surface area contributed by atoms with E-state index in [9.17, 15) is 4.79 Å². The zero-order chi connectivity index (χ0) is 13.0. The summed E-state index contributed by atoms with van der Waals surface area (Å²) in [5, 5.41) is 0. The molecule has 100 valence electrons. The van der Waals surface area contributed by atoms with E-state index in [1.807, 2.05) is 34.9 Å². The third kappa shape index (κ3) is 1.93. The molecular weight excluding hydrogens is 256 g/mol. The number of carbonyl (C=O) groups excluding carboxylic acids is 1. The van der Waals surface area contributed by atoms with Crippen LogP contribution in [0.3, 0.4) is 0 Å². The van der Waals surface area contributed by atoms with Gasteiger partial charge in [0, 0.05) is 28.8 Å². The largest absolute Gasteiger partial charge is 0.399 e. The van der Waals surface area contributed by atoms with Crippen molar-refractivity contribution in [2.75, 3.05) is 22.9 Å². The number of nitrogens with zero attached hydrogens (tertiary/aromatic N) is 1. The molecule has 19 heavy (non-hydrogen) atoms. The molecule has 2 fully saturated rings. The Morgan fingerprint density at radius 3 is 2.84 bits per heavy atom. The van der Waals surface area contributed by atoms with Crippen LogP contribution in [0.5, 0.6) is 0 Å². The van der Waals surface area contributed by atoms with E-state index in [4.69, 9.17) is 5.73 Å². The van der Waals surface area contributed by atoms with Crippen LogP contribution in [0.15, 0.2) is 23.1 Å². The molecule has 2 unspecified atom stereocenters. The van der Waals surface area contributed by atoms with Gasteiger partial charge in [0.2, 0.25) is 5.91 Å². The highest BCUT2D eigenvalue weighted by Gasteiger charge is 2.49. The van der Waals surface area contributed by atoms with Crippen LogP contribution in [0.25, 0.3) is 0 Å². The van der Waals surface area contributed by atoms with Crippen LogP contribution in [0, 0.1) is 17.8 Å². The standard InChI is InChI=1S/C15H18N2OS/c16-12-1-2-14-13(8-12)17(3-4-19-14)15(18)11-6-9-5-10(9)7-11/h1-2,8-11H,3-7,16H2. The molecule has 0 saturated heterocycles. The summed E-state index contributed by atoms with van der Waals surface area (Å²) >= 11 is 1.82. The minimum Gasteiger partial charge on any atom is -0.399 e. The number of rotatable bonds is 1. The number of benzene rings is 1. The summed E-state index contributed by atoms with van der Waals surface area (Å²) in [6, 6.07) is 5.92. The Balaban J connectivity index is 1.62. The molecule has 2 aliphatic carbocycles. The number of nitrogen functional groups attached to an aromatic ring is 1. The molecule has 1 aromatic rings. The summed E-state index contributed by atoms with van der Waals surface area (Å²) in [6.07, 6.45) is 3.60. The molecule has 1 amide bonds. The number of thioether (sulfide) groups is 1. The minimum absolute atomic E-state index is 0.265. The van der Waals surface area contributed by atoms with E-state index in [0.29, 0.717) is 5.91 Å². The van der Waals surface area contributed by atoms with Crippen molar-refractivity contribution in [3.8, 4) is 0 Å². The topological polar surface area (TPSA) is 46.3 Å². The summed E-state index contributed by atoms with van der Waals surface area (Å²) in [4.78, 5) is 15.9. The van der Waals surface area contributed by atoms with Gasteiger partial charge in [0.25, 0.3) is 0 Å². The molecule has 2 N–H and O–H groups in total. The first-order valence-corrected chi connectivity index (χ1v) is 8.04. The molecular formula is C15H18N2OS. The average molecular weight is 274 g/mol. The molecule has 0 spiro atoms. The fourth-order valence-electron chi connectivity index (χ4n) is 3.60. The third-order valence-corrected chi connectivity index (χ3v) is 5.75. The van der Waals surface area contributed by atoms with Crippen molar-refractivity contribution in [3.05, 3.63) is 18.2 Å². The van der Waals surface area contributed by atoms with Gasteiger partial charge < -0.3 is 10.6 Å². The summed E-state index contributed by atoms with van der Waals surface area (Å²) in [5.41, 5.74) is 7.65. The number of fused-ring (bicyclic) bond motifs is 2. The van der Waals surface area contributed by atoms with E-state index in [1.54, 1.807) is 0 Å². The molecule has 0 radical (unpaired) electrons. The molecule has 1 heterocycles. The van der Waals surface area contributed by atoms with Crippen LogP contribution in [-0.4, -0.2) is 18.2 Å². The Hall–Kier alpha value is -1.16. The zero-order valence-corrected chi connectivity index (χ0v) is 11.7. The van der Waals surface area contributed by atoms with Crippen LogP contribution >= 0.6 is 11.8 Å². The van der Waals surface area contributed by atoms with Crippen LogP contribution in [0.2, 0.25) is 0 Å². The molecule has 4 heteroatoms. The number of carbonyl (C=O) groups is 1. The van der Waals surface area contributed by atoms with E-state index in [2.05, 4.69) is 0 Å². The lowest BCUT2D eigenvalue weighted by molar-refractivity contribution is -0.122. The Morgan fingerprint density at radius 2 is 2.05 bits per heavy atom. The van der Waals surface area contributed by atoms with E-state index < -0.39 is 0 Å². The normalized spacial score (nSPS) is 31.8. The van der Waals surface area contributed by atoms with E-state index in [-0.39, 0.29) is 5.92 Å². The van der Waals surface area contributed by atoms with Gasteiger partial charge in [-0.2, -0.15) is 0 Å². The highest BCUT2D eigenvalue weighted by Crippen LogP contribution is 2.55. The Labute approximate surface area is 117 Å². The second-order valence-corrected chi connectivity index (χ2v) is 7.13. The molecule has 2 atom stereocenters. The maximum Gasteiger partial charge on any atom is 0.230 e. The van der Waals surface area contributed by atoms with Crippen LogP contribution in [0.4, 0.5) is 11.4 Å². The third-order valence-electron chi connectivity index (χ3n) is 4.71. The summed E-state index contributed by atoms with van der Waals surface area (Å²) in [5.74, 6) is 3.30. The number of hydrogen-bond acceptors (Lipinski definition) is 3. The molecule has 1 aliphatic heterocycles. The Morgan fingerprint density at radius 1 is 1.26 bits per heavy atom. The van der Waals surface area contributed by atoms with Crippen molar-refractivity contribution in [1.29, 1.82) is 0 Å². The van der Waals surface area contributed by atoms with Crippen molar-refractivity contribution in [2.45, 2.75) is 24.2 Å². The molecule has 2 saturated carbocycles. The van der Waals surface area contributed by atoms with Gasteiger partial charge in [-0.3, -0.25) is 4.79 Å². The van der Waals surface area contributed by atoms with E-state index >= 15 is 0 Å². The smallest absolute Gasteiger partial charge is 0.230 e. The number of anilines is 2. The molecule has 3 aliphatic rings. The SMILES string of the molecule is Nc1ccc2c(c1)N(C(=O)C1CC3CC3C1)CCS2. The molecule has 0 aromatic heterocycles. The lowest BCUT2D eigenvalue weighted by atomic mass is 10.0. The monoisotopic (exact) mass is 274 g/mol. The van der Waals surface area contributed by atoms with Crippen molar-refractivity contribution in [3.63, 3.8) is 0 Å². The average Bonchev–Trinajstić information content (AvgIpc) is 3.04. The predicted octanol–water partition coefficient (Wildman–Crippen LogP) is 2.75. The number of hydrogen-bond donors (Lipinski definition) is 1. The molecule has 0 bridgehead atoms. The fourth-order valence-corrected chi connectivity index (χ4v) is 4.58. The second-order valence-electron chi connectivity index (χ2n) is 5.99. The van der Waals surface area contributed by atoms with Gasteiger partial charge in [0.1, 0.15) is 0 Å². The quantitative estimate of drug-likeness (QED) is 0.801. The number of amides is 1. The van der Waals surface area contributed by atoms with E-state index in [1.165, 1.54) is 11.3 Å². The fraction of sp³-hybridized carbons (Fsp3) is 0.533. The summed E-state index contributed by atoms with van der Waals surface area (Å²) in [7, 11) is 0. The Bertz CT molecular complexity index is 535. The molecule has 1 aromatic carbocycles. The predicted molar refractivity (Wildman–Crippen MR) is 78.3 cm³/mol. The molecule has 3 nitrogen and oxygen atoms in total. The summed E-state index contributed by atoms with van der Waals surface area (Å²) in [6.45, 7) is 0.825. The minimum atomic E-state index is 0.265. The van der Waals surface area contributed by atoms with Crippen molar-refractivity contribution >= 4 is 29.0 Å². The lowest BCUT2D eigenvalue weighted by Crippen LogP contribution is -2.39. The van der Waals surface area contributed by atoms with Crippen molar-refractivity contribution in [1.82, 2.24) is 0 Å². The van der Waals surface area contributed by atoms with Gasteiger partial charge in [-0.1, -0.05) is 0 Å². The van der Waals surface area contributed by atoms with Gasteiger partial charge in [-0.05, 0) is 49.3 Å². The highest BCUT2D eigenvalue weighted by atomic mass is 32.2. The first-order chi connectivity index (χ1) is 9.22. The lowest BCUT2D eigenvalue weighted by Gasteiger charge is -2.31. The van der Waals surface area contributed by atoms with Gasteiger partial charge in [-0.25, -0.2) is 0 Å². The first-order valence-electron chi connectivity index (χ1n) is 7.06. The highest BCUT2D eigenvalue weighted by molar-refractivity contribution is 7.99. The Kier molecular flexibility index (Phi) is 2.56. The molecule has 4 rings (SSSR count). The van der Waals surface area contributed by atoms with Gasteiger partial charge >= 0.3 is 0 Å². The maximum atomic E-state index is 12.7. The zero-order valence-electron chi connectivity index (χ0n) is 10.8. The second kappa shape index (κ2) is 4.17. The first kappa shape index (κ1) is 11.6. The van der Waals surface area contributed by atoms with Crippen LogP contribution in [0.1, 0.15) is 19.3 Å².